The molecule has 0 bridgehead atoms. The van der Waals surface area contributed by atoms with Gasteiger partial charge in [-0.15, -0.1) is 0 Å². The molecule has 5 nitrogen and oxygen atoms in total. The van der Waals surface area contributed by atoms with Gasteiger partial charge in [-0.25, -0.2) is 0 Å². The van der Waals surface area contributed by atoms with E-state index in [0.29, 0.717) is 26.1 Å². The summed E-state index contributed by atoms with van der Waals surface area (Å²) >= 11 is 0. The lowest BCUT2D eigenvalue weighted by molar-refractivity contribution is -0.142. The van der Waals surface area contributed by atoms with E-state index in [1.807, 2.05) is 13.8 Å². The zero-order valence-corrected chi connectivity index (χ0v) is 9.90. The summed E-state index contributed by atoms with van der Waals surface area (Å²) in [5.41, 5.74) is -0.494. The molecule has 0 saturated carbocycles. The largest absolute Gasteiger partial charge is 0.480 e. The molecule has 3 N–H and O–H groups in total. The zero-order chi connectivity index (χ0) is 12.2. The van der Waals surface area contributed by atoms with Crippen LogP contribution in [0.5, 0.6) is 0 Å². The Bertz CT molecular complexity index is 236. The van der Waals surface area contributed by atoms with Crippen molar-refractivity contribution in [2.75, 3.05) is 19.8 Å². The van der Waals surface area contributed by atoms with E-state index in [1.54, 1.807) is 0 Å². The Morgan fingerprint density at radius 2 is 2.00 bits per heavy atom. The molecule has 1 heterocycles. The second-order valence-electron chi connectivity index (χ2n) is 4.76. The summed E-state index contributed by atoms with van der Waals surface area (Å²) in [5.74, 6) is -0.877. The highest BCUT2D eigenvalue weighted by Gasteiger charge is 2.36. The zero-order valence-electron chi connectivity index (χ0n) is 9.90. The van der Waals surface area contributed by atoms with E-state index < -0.39 is 17.6 Å². The van der Waals surface area contributed by atoms with Crippen LogP contribution in [0, 0.1) is 5.92 Å². The first-order valence-corrected chi connectivity index (χ1v) is 5.70. The third kappa shape index (κ3) is 3.17. The van der Waals surface area contributed by atoms with Crippen LogP contribution in [0.1, 0.15) is 26.7 Å². The quantitative estimate of drug-likeness (QED) is 0.631. The summed E-state index contributed by atoms with van der Waals surface area (Å²) < 4.78 is 5.23. The second kappa shape index (κ2) is 5.61. The summed E-state index contributed by atoms with van der Waals surface area (Å²) in [5, 5.41) is 21.6. The lowest BCUT2D eigenvalue weighted by Gasteiger charge is -2.39. The van der Waals surface area contributed by atoms with Gasteiger partial charge in [0.2, 0.25) is 0 Å². The first-order valence-electron chi connectivity index (χ1n) is 5.70. The van der Waals surface area contributed by atoms with Crippen LogP contribution in [-0.4, -0.2) is 47.6 Å². The average Bonchev–Trinajstić information content (AvgIpc) is 2.26. The molecular weight excluding hydrogens is 210 g/mol. The minimum absolute atomic E-state index is 0.0104. The van der Waals surface area contributed by atoms with Gasteiger partial charge in [0.25, 0.3) is 0 Å². The molecule has 1 unspecified atom stereocenters. The Morgan fingerprint density at radius 3 is 2.38 bits per heavy atom. The van der Waals surface area contributed by atoms with Crippen molar-refractivity contribution >= 4 is 5.97 Å². The normalized spacial score (nSPS) is 22.0. The van der Waals surface area contributed by atoms with Crippen molar-refractivity contribution in [3.8, 4) is 0 Å². The number of ether oxygens (including phenoxy) is 1. The molecule has 1 fully saturated rings. The van der Waals surface area contributed by atoms with Gasteiger partial charge in [-0.2, -0.15) is 0 Å². The van der Waals surface area contributed by atoms with Gasteiger partial charge in [0.15, 0.2) is 0 Å². The lowest BCUT2D eigenvalue weighted by atomic mass is 9.88. The molecule has 0 aliphatic carbocycles. The number of carbonyl (C=O) groups is 1. The lowest BCUT2D eigenvalue weighted by Crippen LogP contribution is -2.59. The molecule has 1 rings (SSSR count). The molecule has 5 heteroatoms. The fourth-order valence-corrected chi connectivity index (χ4v) is 1.95. The van der Waals surface area contributed by atoms with Crippen molar-refractivity contribution < 1.29 is 19.7 Å². The number of carboxylic acid groups (broad SMARTS) is 1. The number of nitrogens with one attached hydrogen (secondary N) is 1. The Balaban J connectivity index is 2.69. The average molecular weight is 231 g/mol. The molecule has 1 aliphatic rings. The molecule has 0 aromatic carbocycles. The van der Waals surface area contributed by atoms with Crippen LogP contribution in [0.4, 0.5) is 0 Å². The van der Waals surface area contributed by atoms with Crippen molar-refractivity contribution in [3.05, 3.63) is 0 Å². The SMILES string of the molecule is CC(C)C(NC1(CO)CCOCC1)C(=O)O. The monoisotopic (exact) mass is 231 g/mol. The van der Waals surface area contributed by atoms with E-state index in [-0.39, 0.29) is 12.5 Å². The molecule has 1 atom stereocenters. The van der Waals surface area contributed by atoms with E-state index in [4.69, 9.17) is 9.84 Å². The summed E-state index contributed by atoms with van der Waals surface area (Å²) in [4.78, 5) is 11.1. The van der Waals surface area contributed by atoms with Gasteiger partial charge in [0.05, 0.1) is 6.61 Å². The first kappa shape index (κ1) is 13.4. The molecule has 94 valence electrons. The molecule has 0 amide bonds. The van der Waals surface area contributed by atoms with Crippen LogP contribution < -0.4 is 5.32 Å². The Labute approximate surface area is 95.8 Å². The van der Waals surface area contributed by atoms with Gasteiger partial charge in [-0.3, -0.25) is 10.1 Å². The number of rotatable bonds is 5. The van der Waals surface area contributed by atoms with Gasteiger partial charge < -0.3 is 14.9 Å². The number of aliphatic hydroxyl groups excluding tert-OH is 1. The number of hydrogen-bond acceptors (Lipinski definition) is 4. The highest BCUT2D eigenvalue weighted by molar-refractivity contribution is 5.73. The number of carboxylic acids is 1. The predicted molar refractivity (Wildman–Crippen MR) is 59.3 cm³/mol. The number of hydrogen-bond donors (Lipinski definition) is 3. The van der Waals surface area contributed by atoms with Crippen LogP contribution in [0.2, 0.25) is 0 Å². The van der Waals surface area contributed by atoms with E-state index >= 15 is 0 Å². The summed E-state index contributed by atoms with van der Waals surface area (Å²) in [7, 11) is 0. The topological polar surface area (TPSA) is 78.8 Å². The minimum Gasteiger partial charge on any atom is -0.480 e. The van der Waals surface area contributed by atoms with Gasteiger partial charge in [0, 0.05) is 18.8 Å². The highest BCUT2D eigenvalue weighted by atomic mass is 16.5. The standard InChI is InChI=1S/C11H21NO4/c1-8(2)9(10(14)15)12-11(7-13)3-5-16-6-4-11/h8-9,12-13H,3-7H2,1-2H3,(H,14,15). The van der Waals surface area contributed by atoms with Crippen molar-refractivity contribution in [1.29, 1.82) is 0 Å². The van der Waals surface area contributed by atoms with Crippen LogP contribution in [0.15, 0.2) is 0 Å². The van der Waals surface area contributed by atoms with E-state index in [0.717, 1.165) is 0 Å². The molecular formula is C11H21NO4. The first-order chi connectivity index (χ1) is 7.51. The molecule has 0 radical (unpaired) electrons. The van der Waals surface area contributed by atoms with Crippen LogP contribution in [0.3, 0.4) is 0 Å². The van der Waals surface area contributed by atoms with Crippen molar-refractivity contribution in [3.63, 3.8) is 0 Å². The maximum atomic E-state index is 11.1. The summed E-state index contributed by atoms with van der Waals surface area (Å²) in [6.07, 6.45) is 1.31. The number of aliphatic hydroxyl groups is 1. The van der Waals surface area contributed by atoms with Gasteiger partial charge >= 0.3 is 5.97 Å². The minimum atomic E-state index is -0.866. The molecule has 1 saturated heterocycles. The van der Waals surface area contributed by atoms with E-state index in [9.17, 15) is 9.90 Å². The summed E-state index contributed by atoms with van der Waals surface area (Å²) in [6, 6.07) is -0.620. The van der Waals surface area contributed by atoms with Gasteiger partial charge in [0.1, 0.15) is 6.04 Å². The van der Waals surface area contributed by atoms with Crippen molar-refractivity contribution in [1.82, 2.24) is 5.32 Å². The fourth-order valence-electron chi connectivity index (χ4n) is 1.95. The Kier molecular flexibility index (Phi) is 4.70. The molecule has 0 aromatic heterocycles. The van der Waals surface area contributed by atoms with Crippen molar-refractivity contribution in [2.24, 2.45) is 5.92 Å². The second-order valence-corrected chi connectivity index (χ2v) is 4.76. The third-order valence-corrected chi connectivity index (χ3v) is 3.15. The predicted octanol–water partition coefficient (Wildman–Crippen LogP) is 0.227. The number of aliphatic carboxylic acids is 1. The Hall–Kier alpha value is -0.650. The maximum Gasteiger partial charge on any atom is 0.320 e. The van der Waals surface area contributed by atoms with Gasteiger partial charge in [-0.05, 0) is 18.8 Å². The highest BCUT2D eigenvalue weighted by Crippen LogP contribution is 2.22. The Morgan fingerprint density at radius 1 is 1.44 bits per heavy atom. The van der Waals surface area contributed by atoms with Crippen LogP contribution in [0.25, 0.3) is 0 Å². The van der Waals surface area contributed by atoms with Crippen LogP contribution >= 0.6 is 0 Å². The third-order valence-electron chi connectivity index (χ3n) is 3.15. The molecule has 0 aromatic rings. The van der Waals surface area contributed by atoms with Gasteiger partial charge in [-0.1, -0.05) is 13.8 Å². The van der Waals surface area contributed by atoms with Crippen LogP contribution in [-0.2, 0) is 9.53 Å². The fraction of sp³-hybridized carbons (Fsp3) is 0.909. The van der Waals surface area contributed by atoms with Crippen molar-refractivity contribution in [2.45, 2.75) is 38.3 Å². The maximum absolute atomic E-state index is 11.1. The van der Waals surface area contributed by atoms with E-state index in [2.05, 4.69) is 5.32 Å². The smallest absolute Gasteiger partial charge is 0.320 e. The molecule has 1 aliphatic heterocycles. The summed E-state index contributed by atoms with van der Waals surface area (Å²) in [6.45, 7) is 4.80. The molecule has 16 heavy (non-hydrogen) atoms. The molecule has 0 spiro atoms. The van der Waals surface area contributed by atoms with E-state index in [1.165, 1.54) is 0 Å².